The van der Waals surface area contributed by atoms with E-state index in [1.807, 2.05) is 0 Å². The topological polar surface area (TPSA) is 85.5 Å². The number of carbonyl (C=O) groups is 2. The zero-order valence-electron chi connectivity index (χ0n) is 14.6. The molecule has 0 radical (unpaired) electrons. The maximum Gasteiger partial charge on any atom is 0.270 e. The number of aromatic nitrogens is 3. The molecule has 0 bridgehead atoms. The van der Waals surface area contributed by atoms with Crippen molar-refractivity contribution in [1.29, 1.82) is 0 Å². The molecule has 0 saturated heterocycles. The number of halogens is 2. The Balaban J connectivity index is 1.72. The van der Waals surface area contributed by atoms with Crippen molar-refractivity contribution >= 4 is 40.7 Å². The zero-order chi connectivity index (χ0) is 19.7. The van der Waals surface area contributed by atoms with Gasteiger partial charge in [-0.15, -0.1) is 0 Å². The van der Waals surface area contributed by atoms with Crippen LogP contribution in [0.5, 0.6) is 0 Å². The average Bonchev–Trinajstić information content (AvgIpc) is 3.00. The van der Waals surface area contributed by atoms with Gasteiger partial charge in [-0.2, -0.15) is 0 Å². The number of amides is 1. The van der Waals surface area contributed by atoms with Crippen LogP contribution < -0.4 is 10.9 Å². The highest BCUT2D eigenvalue weighted by atomic mass is 35.5. The number of carbonyl (C=O) groups excluding carboxylic acids is 2. The van der Waals surface area contributed by atoms with Crippen LogP contribution in [0.25, 0.3) is 5.78 Å². The van der Waals surface area contributed by atoms with E-state index in [-0.39, 0.29) is 35.6 Å². The first-order valence-electron chi connectivity index (χ1n) is 8.06. The number of imidazole rings is 1. The molecular formula is C18H16Cl2N4O3. The molecule has 0 spiro atoms. The van der Waals surface area contributed by atoms with Crippen LogP contribution in [-0.4, -0.2) is 32.2 Å². The molecule has 3 rings (SSSR count). The van der Waals surface area contributed by atoms with E-state index >= 15 is 0 Å². The second kappa shape index (κ2) is 7.54. The minimum atomic E-state index is -0.573. The molecule has 1 N–H and O–H groups in total. The van der Waals surface area contributed by atoms with Gasteiger partial charge < -0.3 is 9.88 Å². The summed E-state index contributed by atoms with van der Waals surface area (Å²) in [4.78, 5) is 41.2. The van der Waals surface area contributed by atoms with Crippen molar-refractivity contribution < 1.29 is 9.59 Å². The maximum absolute atomic E-state index is 12.4. The van der Waals surface area contributed by atoms with Gasteiger partial charge in [-0.25, -0.2) is 4.98 Å². The first kappa shape index (κ1) is 19.1. The Morgan fingerprint density at radius 3 is 2.63 bits per heavy atom. The van der Waals surface area contributed by atoms with Gasteiger partial charge in [-0.05, 0) is 24.6 Å². The molecule has 2 aromatic heterocycles. The highest BCUT2D eigenvalue weighted by Gasteiger charge is 2.18. The van der Waals surface area contributed by atoms with Crippen LogP contribution in [0.2, 0.25) is 10.0 Å². The van der Waals surface area contributed by atoms with E-state index in [1.54, 1.807) is 42.2 Å². The van der Waals surface area contributed by atoms with Gasteiger partial charge in [-0.1, -0.05) is 29.3 Å². The monoisotopic (exact) mass is 406 g/mol. The standard InChI is InChI=1S/C18H16Cl2N4O3/c1-10-15(22-18-23(2)5-6-24(18)17(10)27)16(26)21-9-12(25)7-11-3-4-13(19)14(20)8-11/h3-6,8H,7,9H2,1-2H3,(H,21,26). The van der Waals surface area contributed by atoms with Crippen molar-refractivity contribution in [2.24, 2.45) is 7.05 Å². The number of ketones is 1. The predicted molar refractivity (Wildman–Crippen MR) is 103 cm³/mol. The van der Waals surface area contributed by atoms with E-state index in [0.29, 0.717) is 21.4 Å². The average molecular weight is 407 g/mol. The van der Waals surface area contributed by atoms with Crippen molar-refractivity contribution in [2.45, 2.75) is 13.3 Å². The molecule has 0 aliphatic rings. The van der Waals surface area contributed by atoms with E-state index in [9.17, 15) is 14.4 Å². The largest absolute Gasteiger partial charge is 0.344 e. The predicted octanol–water partition coefficient (Wildman–Crippen LogP) is 2.19. The number of hydrogen-bond acceptors (Lipinski definition) is 4. The summed E-state index contributed by atoms with van der Waals surface area (Å²) in [6.07, 6.45) is 3.36. The van der Waals surface area contributed by atoms with Crippen LogP contribution in [0, 0.1) is 6.92 Å². The Labute approximate surface area is 164 Å². The fourth-order valence-corrected chi connectivity index (χ4v) is 2.97. The number of benzene rings is 1. The Morgan fingerprint density at radius 1 is 1.19 bits per heavy atom. The molecule has 2 heterocycles. The Kier molecular flexibility index (Phi) is 5.34. The number of fused-ring (bicyclic) bond motifs is 1. The molecule has 1 aromatic carbocycles. The Hall–Kier alpha value is -2.64. The molecular weight excluding hydrogens is 391 g/mol. The summed E-state index contributed by atoms with van der Waals surface area (Å²) in [5.74, 6) is -0.440. The maximum atomic E-state index is 12.4. The lowest BCUT2D eigenvalue weighted by Gasteiger charge is -2.08. The molecule has 0 atom stereocenters. The summed E-state index contributed by atoms with van der Waals surface area (Å²) in [7, 11) is 1.72. The highest BCUT2D eigenvalue weighted by molar-refractivity contribution is 6.42. The quantitative estimate of drug-likeness (QED) is 0.703. The van der Waals surface area contributed by atoms with Crippen LogP contribution in [0.4, 0.5) is 0 Å². The van der Waals surface area contributed by atoms with Gasteiger partial charge in [0.1, 0.15) is 5.69 Å². The fourth-order valence-electron chi connectivity index (χ4n) is 2.65. The highest BCUT2D eigenvalue weighted by Crippen LogP contribution is 2.22. The number of Topliss-reactive ketones (excluding diaryl/α,β-unsaturated/α-hetero) is 1. The molecule has 0 unspecified atom stereocenters. The zero-order valence-corrected chi connectivity index (χ0v) is 16.1. The summed E-state index contributed by atoms with van der Waals surface area (Å²) in [5, 5.41) is 3.29. The fraction of sp³-hybridized carbons (Fsp3) is 0.222. The summed E-state index contributed by atoms with van der Waals surface area (Å²) < 4.78 is 2.99. The van der Waals surface area contributed by atoms with Gasteiger partial charge in [0.05, 0.1) is 16.6 Å². The second-order valence-electron chi connectivity index (χ2n) is 6.12. The van der Waals surface area contributed by atoms with Crippen molar-refractivity contribution in [3.8, 4) is 0 Å². The second-order valence-corrected chi connectivity index (χ2v) is 6.93. The number of aryl methyl sites for hydroxylation is 1. The van der Waals surface area contributed by atoms with E-state index in [4.69, 9.17) is 23.2 Å². The Morgan fingerprint density at radius 2 is 1.93 bits per heavy atom. The van der Waals surface area contributed by atoms with Crippen molar-refractivity contribution in [3.05, 3.63) is 67.8 Å². The summed E-state index contributed by atoms with van der Waals surface area (Å²) in [6, 6.07) is 4.92. The van der Waals surface area contributed by atoms with E-state index < -0.39 is 5.91 Å². The minimum absolute atomic E-state index is 0.00383. The van der Waals surface area contributed by atoms with Gasteiger partial charge in [0.15, 0.2) is 5.78 Å². The van der Waals surface area contributed by atoms with Crippen molar-refractivity contribution in [1.82, 2.24) is 19.3 Å². The van der Waals surface area contributed by atoms with E-state index in [0.717, 1.165) is 0 Å². The molecule has 27 heavy (non-hydrogen) atoms. The number of nitrogens with zero attached hydrogens (tertiary/aromatic N) is 3. The first-order valence-corrected chi connectivity index (χ1v) is 8.81. The third kappa shape index (κ3) is 3.89. The van der Waals surface area contributed by atoms with Crippen LogP contribution in [0.3, 0.4) is 0 Å². The van der Waals surface area contributed by atoms with Crippen LogP contribution >= 0.6 is 23.2 Å². The molecule has 3 aromatic rings. The number of nitrogens with one attached hydrogen (secondary N) is 1. The van der Waals surface area contributed by atoms with Crippen LogP contribution in [0.1, 0.15) is 21.6 Å². The third-order valence-corrected chi connectivity index (χ3v) is 4.86. The SMILES string of the molecule is Cc1c(C(=O)NCC(=O)Cc2ccc(Cl)c(Cl)c2)nc2n(C)ccn2c1=O. The lowest BCUT2D eigenvalue weighted by molar-refractivity contribution is -0.117. The number of hydrogen-bond donors (Lipinski definition) is 1. The summed E-state index contributed by atoms with van der Waals surface area (Å²) in [6.45, 7) is 1.34. The molecule has 9 heteroatoms. The van der Waals surface area contributed by atoms with E-state index in [2.05, 4.69) is 10.3 Å². The Bertz CT molecular complexity index is 1120. The molecule has 140 valence electrons. The molecule has 0 saturated carbocycles. The van der Waals surface area contributed by atoms with Crippen molar-refractivity contribution in [2.75, 3.05) is 6.54 Å². The van der Waals surface area contributed by atoms with Gasteiger partial charge in [0.2, 0.25) is 5.78 Å². The van der Waals surface area contributed by atoms with Gasteiger partial charge >= 0.3 is 0 Å². The summed E-state index contributed by atoms with van der Waals surface area (Å²) in [5.41, 5.74) is 0.589. The van der Waals surface area contributed by atoms with E-state index in [1.165, 1.54) is 11.3 Å². The lowest BCUT2D eigenvalue weighted by atomic mass is 10.1. The van der Waals surface area contributed by atoms with Gasteiger partial charge in [0, 0.05) is 31.4 Å². The number of rotatable bonds is 5. The van der Waals surface area contributed by atoms with Gasteiger partial charge in [-0.3, -0.25) is 18.8 Å². The molecule has 1 amide bonds. The van der Waals surface area contributed by atoms with Crippen LogP contribution in [-0.2, 0) is 18.3 Å². The van der Waals surface area contributed by atoms with Crippen LogP contribution in [0.15, 0.2) is 35.4 Å². The molecule has 0 fully saturated rings. The molecule has 0 aliphatic heterocycles. The normalized spacial score (nSPS) is 11.0. The smallest absolute Gasteiger partial charge is 0.270 e. The van der Waals surface area contributed by atoms with Crippen molar-refractivity contribution in [3.63, 3.8) is 0 Å². The first-order chi connectivity index (χ1) is 12.8. The minimum Gasteiger partial charge on any atom is -0.344 e. The summed E-state index contributed by atoms with van der Waals surface area (Å²) >= 11 is 11.8. The van der Waals surface area contributed by atoms with Gasteiger partial charge in [0.25, 0.3) is 11.5 Å². The molecule has 0 aliphatic carbocycles. The molecule has 7 nitrogen and oxygen atoms in total. The lowest BCUT2D eigenvalue weighted by Crippen LogP contribution is -2.33. The third-order valence-electron chi connectivity index (χ3n) is 4.12.